The summed E-state index contributed by atoms with van der Waals surface area (Å²) in [6.07, 6.45) is -12.1. The van der Waals surface area contributed by atoms with E-state index in [1.54, 1.807) is 12.1 Å². The van der Waals surface area contributed by atoms with Gasteiger partial charge in [0.2, 0.25) is 0 Å². The van der Waals surface area contributed by atoms with Crippen LogP contribution >= 0.6 is 0 Å². The predicted octanol–water partition coefficient (Wildman–Crippen LogP) is -2.79. The quantitative estimate of drug-likeness (QED) is 0.237. The first-order valence-corrected chi connectivity index (χ1v) is 9.65. The van der Waals surface area contributed by atoms with Crippen LogP contribution in [0.3, 0.4) is 0 Å². The zero-order valence-electron chi connectivity index (χ0n) is 16.1. The number of rotatable bonds is 7. The second-order valence-corrected chi connectivity index (χ2v) is 7.34. The van der Waals surface area contributed by atoms with Crippen LogP contribution in [-0.4, -0.2) is 111 Å². The van der Waals surface area contributed by atoms with Gasteiger partial charge >= 0.3 is 0 Å². The maximum atomic E-state index is 10.5. The van der Waals surface area contributed by atoms with Crippen molar-refractivity contribution in [1.82, 2.24) is 0 Å². The molecule has 0 bridgehead atoms. The third kappa shape index (κ3) is 5.26. The second kappa shape index (κ2) is 10.3. The van der Waals surface area contributed by atoms with Crippen LogP contribution in [0.25, 0.3) is 0 Å². The Labute approximate surface area is 172 Å². The van der Waals surface area contributed by atoms with Gasteiger partial charge in [0.1, 0.15) is 48.5 Å². The van der Waals surface area contributed by atoms with Gasteiger partial charge in [-0.15, -0.1) is 0 Å². The molecule has 0 radical (unpaired) electrons. The number of aliphatic hydroxyl groups excluding tert-OH is 6. The highest BCUT2D eigenvalue weighted by Crippen LogP contribution is 2.28. The average Bonchev–Trinajstić information content (AvgIpc) is 2.74. The summed E-state index contributed by atoms with van der Waals surface area (Å²) in [4.78, 5) is 0. The molecule has 11 nitrogen and oxygen atoms in total. The van der Waals surface area contributed by atoms with E-state index < -0.39 is 61.9 Å². The van der Waals surface area contributed by atoms with Gasteiger partial charge in [0.25, 0.3) is 0 Å². The Morgan fingerprint density at radius 3 is 2.27 bits per heavy atom. The Bertz CT molecular complexity index is 656. The Balaban J connectivity index is 1.66. The second-order valence-electron chi connectivity index (χ2n) is 7.34. The van der Waals surface area contributed by atoms with E-state index in [0.717, 1.165) is 5.56 Å². The number of hydrogen-bond donors (Lipinski definition) is 7. The smallest absolute Gasteiger partial charge is 0.187 e. The maximum Gasteiger partial charge on any atom is 0.187 e. The summed E-state index contributed by atoms with van der Waals surface area (Å²) in [5.74, 6) is 0.130. The molecule has 30 heavy (non-hydrogen) atoms. The first-order valence-electron chi connectivity index (χ1n) is 9.65. The lowest BCUT2D eigenvalue weighted by Crippen LogP contribution is -2.63. The van der Waals surface area contributed by atoms with E-state index >= 15 is 0 Å². The lowest BCUT2D eigenvalue weighted by molar-refractivity contribution is -0.356. The fourth-order valence-corrected chi connectivity index (χ4v) is 3.34. The molecule has 0 aliphatic carbocycles. The number of phenolic OH excluding ortho intramolecular Hbond substituents is 1. The van der Waals surface area contributed by atoms with Gasteiger partial charge in [-0.25, -0.2) is 0 Å². The number of benzene rings is 1. The summed E-state index contributed by atoms with van der Waals surface area (Å²) in [5, 5.41) is 68.8. The van der Waals surface area contributed by atoms with Gasteiger partial charge < -0.3 is 54.7 Å². The summed E-state index contributed by atoms with van der Waals surface area (Å²) >= 11 is 0. The first kappa shape index (κ1) is 23.3. The molecule has 3 rings (SSSR count). The normalized spacial score (nSPS) is 39.7. The van der Waals surface area contributed by atoms with E-state index in [2.05, 4.69) is 0 Å². The predicted molar refractivity (Wildman–Crippen MR) is 98.2 cm³/mol. The molecule has 2 fully saturated rings. The monoisotopic (exact) mass is 432 g/mol. The summed E-state index contributed by atoms with van der Waals surface area (Å²) in [6, 6.07) is 6.48. The minimum atomic E-state index is -1.61. The van der Waals surface area contributed by atoms with Crippen LogP contribution in [0.1, 0.15) is 5.56 Å². The molecule has 2 saturated heterocycles. The van der Waals surface area contributed by atoms with Crippen molar-refractivity contribution in [3.8, 4) is 5.75 Å². The highest BCUT2D eigenvalue weighted by molar-refractivity contribution is 5.25. The molecular formula is C19H28O11. The molecular weight excluding hydrogens is 404 g/mol. The van der Waals surface area contributed by atoms with Gasteiger partial charge in [-0.05, 0) is 24.1 Å². The number of aromatic hydroxyl groups is 1. The minimum Gasteiger partial charge on any atom is -0.508 e. The molecule has 0 saturated carbocycles. The zero-order chi connectivity index (χ0) is 21.8. The number of ether oxygens (including phenoxy) is 4. The Morgan fingerprint density at radius 2 is 1.60 bits per heavy atom. The third-order valence-electron chi connectivity index (χ3n) is 5.18. The van der Waals surface area contributed by atoms with Gasteiger partial charge in [0.15, 0.2) is 12.6 Å². The molecule has 1 aromatic rings. The topological polar surface area (TPSA) is 179 Å². The molecule has 7 N–H and O–H groups in total. The standard InChI is InChI=1S/C19H28O11/c20-7-12-14(24)15(25)17(30-18-16(26)13(23)11(22)8-28-18)19(29-12)27-6-5-9-1-3-10(21)4-2-9/h1-4,11-26H,5-8H2/t11-,12-,13+,14-,15+,16-,17-,18+,19-/m1/s1. The van der Waals surface area contributed by atoms with E-state index in [1.165, 1.54) is 12.1 Å². The van der Waals surface area contributed by atoms with Crippen LogP contribution in [0.15, 0.2) is 24.3 Å². The van der Waals surface area contributed by atoms with Gasteiger partial charge in [-0.3, -0.25) is 0 Å². The van der Waals surface area contributed by atoms with Crippen LogP contribution in [-0.2, 0) is 25.4 Å². The summed E-state index contributed by atoms with van der Waals surface area (Å²) in [5.41, 5.74) is 0.864. The highest BCUT2D eigenvalue weighted by Gasteiger charge is 2.49. The number of aliphatic hydroxyl groups is 6. The zero-order valence-corrected chi connectivity index (χ0v) is 16.1. The molecule has 170 valence electrons. The fourth-order valence-electron chi connectivity index (χ4n) is 3.34. The van der Waals surface area contributed by atoms with Gasteiger partial charge in [-0.1, -0.05) is 12.1 Å². The lowest BCUT2D eigenvalue weighted by atomic mass is 9.98. The minimum absolute atomic E-state index is 0.117. The molecule has 0 amide bonds. The van der Waals surface area contributed by atoms with Crippen molar-refractivity contribution in [2.45, 2.75) is 61.7 Å². The van der Waals surface area contributed by atoms with Crippen molar-refractivity contribution in [1.29, 1.82) is 0 Å². The van der Waals surface area contributed by atoms with E-state index in [0.29, 0.717) is 6.42 Å². The molecule has 0 unspecified atom stereocenters. The SMILES string of the molecule is OC[C@H]1O[C@@H](OCCc2ccc(O)cc2)[C@H](O[C@@H]2OC[C@@H](O)[C@H](O)[C@H]2O)[C@@H](O)[C@@H]1O. The Hall–Kier alpha value is -1.38. The van der Waals surface area contributed by atoms with E-state index in [-0.39, 0.29) is 19.0 Å². The molecule has 2 aliphatic rings. The molecule has 1 aromatic carbocycles. The van der Waals surface area contributed by atoms with E-state index in [1.807, 2.05) is 0 Å². The number of phenols is 1. The third-order valence-corrected chi connectivity index (χ3v) is 5.18. The van der Waals surface area contributed by atoms with Crippen LogP contribution in [0.5, 0.6) is 5.75 Å². The summed E-state index contributed by atoms with van der Waals surface area (Å²) in [6.45, 7) is -0.761. The van der Waals surface area contributed by atoms with Gasteiger partial charge in [0.05, 0.1) is 19.8 Å². The van der Waals surface area contributed by atoms with Gasteiger partial charge in [-0.2, -0.15) is 0 Å². The summed E-state index contributed by atoms with van der Waals surface area (Å²) in [7, 11) is 0. The van der Waals surface area contributed by atoms with Gasteiger partial charge in [0, 0.05) is 0 Å². The van der Waals surface area contributed by atoms with Crippen molar-refractivity contribution in [3.05, 3.63) is 29.8 Å². The molecule has 2 aliphatic heterocycles. The van der Waals surface area contributed by atoms with Crippen molar-refractivity contribution >= 4 is 0 Å². The molecule has 11 heteroatoms. The van der Waals surface area contributed by atoms with E-state index in [9.17, 15) is 35.7 Å². The number of hydrogen-bond acceptors (Lipinski definition) is 11. The highest BCUT2D eigenvalue weighted by atomic mass is 16.7. The maximum absolute atomic E-state index is 10.5. The molecule has 2 heterocycles. The van der Waals surface area contributed by atoms with E-state index in [4.69, 9.17) is 18.9 Å². The van der Waals surface area contributed by atoms with Crippen LogP contribution in [0, 0.1) is 0 Å². The van der Waals surface area contributed by atoms with Crippen LogP contribution in [0.4, 0.5) is 0 Å². The van der Waals surface area contributed by atoms with Crippen LogP contribution in [0.2, 0.25) is 0 Å². The van der Waals surface area contributed by atoms with Crippen molar-refractivity contribution in [2.75, 3.05) is 19.8 Å². The summed E-state index contributed by atoms with van der Waals surface area (Å²) < 4.78 is 21.9. The van der Waals surface area contributed by atoms with Crippen molar-refractivity contribution in [3.63, 3.8) is 0 Å². The molecule has 9 atom stereocenters. The lowest BCUT2D eigenvalue weighted by Gasteiger charge is -2.44. The van der Waals surface area contributed by atoms with Crippen LogP contribution < -0.4 is 0 Å². The van der Waals surface area contributed by atoms with Crippen molar-refractivity contribution < 1.29 is 54.7 Å². The largest absolute Gasteiger partial charge is 0.508 e. The first-order chi connectivity index (χ1) is 14.3. The average molecular weight is 432 g/mol. The van der Waals surface area contributed by atoms with Crippen molar-refractivity contribution in [2.24, 2.45) is 0 Å². The molecule has 0 aromatic heterocycles. The fraction of sp³-hybridized carbons (Fsp3) is 0.684. The Kier molecular flexibility index (Phi) is 7.98. The molecule has 0 spiro atoms. The Morgan fingerprint density at radius 1 is 0.900 bits per heavy atom.